The summed E-state index contributed by atoms with van der Waals surface area (Å²) in [5.74, 6) is -0.566. The van der Waals surface area contributed by atoms with Gasteiger partial charge in [-0.1, -0.05) is 29.8 Å². The van der Waals surface area contributed by atoms with E-state index in [1.54, 1.807) is 0 Å². The normalized spacial score (nSPS) is 21.0. The van der Waals surface area contributed by atoms with E-state index in [1.807, 2.05) is 24.3 Å². The van der Waals surface area contributed by atoms with E-state index in [9.17, 15) is 9.59 Å². The Kier molecular flexibility index (Phi) is 4.01. The summed E-state index contributed by atoms with van der Waals surface area (Å²) >= 11 is 0. The Labute approximate surface area is 123 Å². The van der Waals surface area contributed by atoms with E-state index in [-0.39, 0.29) is 18.2 Å². The molecule has 3 N–H and O–H groups in total. The van der Waals surface area contributed by atoms with Gasteiger partial charge in [0.1, 0.15) is 0 Å². The molecular weight excluding hydrogens is 266 g/mol. The molecule has 0 aromatic heterocycles. The largest absolute Gasteiger partial charge is 0.352 e. The molecule has 0 aliphatic carbocycles. The highest BCUT2D eigenvalue weighted by molar-refractivity contribution is 6.01. The molecule has 1 aromatic rings. The fraction of sp³-hybridized carbons (Fsp3) is 0.375. The molecule has 2 aliphatic heterocycles. The summed E-state index contributed by atoms with van der Waals surface area (Å²) in [6, 6.07) is 7.50. The van der Waals surface area contributed by atoms with Gasteiger partial charge in [0.05, 0.1) is 5.92 Å². The number of rotatable bonds is 3. The molecule has 2 amide bonds. The van der Waals surface area contributed by atoms with Crippen LogP contribution in [-0.4, -0.2) is 31.4 Å². The van der Waals surface area contributed by atoms with Gasteiger partial charge in [0.25, 0.3) is 0 Å². The SMILES string of the molecule is O=C1CC(C(=O)NCC2=CCNCC2)c2ccccc2N1. The zero-order valence-electron chi connectivity index (χ0n) is 11.8. The minimum atomic E-state index is -0.391. The maximum Gasteiger partial charge on any atom is 0.228 e. The van der Waals surface area contributed by atoms with E-state index < -0.39 is 5.92 Å². The van der Waals surface area contributed by atoms with Crippen LogP contribution in [0, 0.1) is 0 Å². The summed E-state index contributed by atoms with van der Waals surface area (Å²) in [6.45, 7) is 2.39. The lowest BCUT2D eigenvalue weighted by atomic mass is 9.89. The third-order valence-corrected chi connectivity index (χ3v) is 3.96. The van der Waals surface area contributed by atoms with Gasteiger partial charge in [-0.15, -0.1) is 0 Å². The number of amides is 2. The second-order valence-corrected chi connectivity index (χ2v) is 5.43. The molecule has 1 aromatic carbocycles. The quantitative estimate of drug-likeness (QED) is 0.730. The predicted molar refractivity (Wildman–Crippen MR) is 81.0 cm³/mol. The number of hydrogen-bond donors (Lipinski definition) is 3. The Morgan fingerprint density at radius 3 is 3.00 bits per heavy atom. The number of hydrogen-bond acceptors (Lipinski definition) is 3. The van der Waals surface area contributed by atoms with Crippen molar-refractivity contribution < 1.29 is 9.59 Å². The Balaban J connectivity index is 1.69. The molecular formula is C16H19N3O2. The van der Waals surface area contributed by atoms with Gasteiger partial charge in [0, 0.05) is 25.2 Å². The van der Waals surface area contributed by atoms with Crippen molar-refractivity contribution in [2.45, 2.75) is 18.8 Å². The van der Waals surface area contributed by atoms with E-state index in [0.717, 1.165) is 30.8 Å². The minimum Gasteiger partial charge on any atom is -0.352 e. The number of anilines is 1. The fourth-order valence-corrected chi connectivity index (χ4v) is 2.80. The molecule has 5 nitrogen and oxygen atoms in total. The molecule has 110 valence electrons. The standard InChI is InChI=1S/C16H19N3O2/c20-15-9-13(12-3-1-2-4-14(12)19-15)16(21)18-10-11-5-7-17-8-6-11/h1-5,13,17H,6-10H2,(H,18,21)(H,19,20). The minimum absolute atomic E-state index is 0.0725. The van der Waals surface area contributed by atoms with Gasteiger partial charge in [0.2, 0.25) is 11.8 Å². The topological polar surface area (TPSA) is 70.2 Å². The van der Waals surface area contributed by atoms with Gasteiger partial charge < -0.3 is 16.0 Å². The van der Waals surface area contributed by atoms with E-state index in [0.29, 0.717) is 6.54 Å². The Bertz CT molecular complexity index is 595. The zero-order chi connectivity index (χ0) is 14.7. The molecule has 2 heterocycles. The molecule has 0 saturated heterocycles. The van der Waals surface area contributed by atoms with Crippen LogP contribution in [0.3, 0.4) is 0 Å². The summed E-state index contributed by atoms with van der Waals surface area (Å²) in [7, 11) is 0. The summed E-state index contributed by atoms with van der Waals surface area (Å²) in [5.41, 5.74) is 2.89. The van der Waals surface area contributed by atoms with Crippen LogP contribution in [0.4, 0.5) is 5.69 Å². The molecule has 3 rings (SSSR count). The van der Waals surface area contributed by atoms with Crippen LogP contribution in [0.5, 0.6) is 0 Å². The average Bonchev–Trinajstić information content (AvgIpc) is 2.52. The molecule has 0 spiro atoms. The van der Waals surface area contributed by atoms with Gasteiger partial charge in [-0.3, -0.25) is 9.59 Å². The predicted octanol–water partition coefficient (Wildman–Crippen LogP) is 1.15. The number of benzene rings is 1. The molecule has 0 radical (unpaired) electrons. The molecule has 1 atom stereocenters. The second-order valence-electron chi connectivity index (χ2n) is 5.43. The van der Waals surface area contributed by atoms with Crippen molar-refractivity contribution in [3.8, 4) is 0 Å². The Hall–Kier alpha value is -2.14. The van der Waals surface area contributed by atoms with Gasteiger partial charge in [-0.25, -0.2) is 0 Å². The zero-order valence-corrected chi connectivity index (χ0v) is 11.8. The van der Waals surface area contributed by atoms with Crippen LogP contribution >= 0.6 is 0 Å². The van der Waals surface area contributed by atoms with E-state index in [1.165, 1.54) is 5.57 Å². The van der Waals surface area contributed by atoms with Gasteiger partial charge >= 0.3 is 0 Å². The van der Waals surface area contributed by atoms with Gasteiger partial charge in [0.15, 0.2) is 0 Å². The first kappa shape index (κ1) is 13.8. The molecule has 21 heavy (non-hydrogen) atoms. The maximum atomic E-state index is 12.4. The lowest BCUT2D eigenvalue weighted by Crippen LogP contribution is -2.36. The molecule has 0 fully saturated rings. The smallest absolute Gasteiger partial charge is 0.228 e. The molecule has 1 unspecified atom stereocenters. The van der Waals surface area contributed by atoms with Crippen molar-refractivity contribution in [3.05, 3.63) is 41.5 Å². The maximum absolute atomic E-state index is 12.4. The first-order valence-corrected chi connectivity index (χ1v) is 7.29. The lowest BCUT2D eigenvalue weighted by Gasteiger charge is -2.25. The Morgan fingerprint density at radius 1 is 1.33 bits per heavy atom. The highest BCUT2D eigenvalue weighted by atomic mass is 16.2. The summed E-state index contributed by atoms with van der Waals surface area (Å²) in [5, 5.41) is 9.02. The highest BCUT2D eigenvalue weighted by Crippen LogP contribution is 2.31. The third-order valence-electron chi connectivity index (χ3n) is 3.96. The van der Waals surface area contributed by atoms with Crippen LogP contribution in [0.25, 0.3) is 0 Å². The molecule has 0 saturated carbocycles. The van der Waals surface area contributed by atoms with E-state index in [2.05, 4.69) is 22.0 Å². The molecule has 5 heteroatoms. The van der Waals surface area contributed by atoms with Crippen LogP contribution in [0.15, 0.2) is 35.9 Å². The summed E-state index contributed by atoms with van der Waals surface area (Å²) in [6.07, 6.45) is 3.29. The fourth-order valence-electron chi connectivity index (χ4n) is 2.80. The Morgan fingerprint density at radius 2 is 2.19 bits per heavy atom. The van der Waals surface area contributed by atoms with E-state index >= 15 is 0 Å². The lowest BCUT2D eigenvalue weighted by molar-refractivity contribution is -0.126. The van der Waals surface area contributed by atoms with Crippen molar-refractivity contribution in [1.29, 1.82) is 0 Å². The first-order valence-electron chi connectivity index (χ1n) is 7.29. The van der Waals surface area contributed by atoms with Crippen molar-refractivity contribution in [3.63, 3.8) is 0 Å². The van der Waals surface area contributed by atoms with E-state index in [4.69, 9.17) is 0 Å². The number of carbonyl (C=O) groups is 2. The van der Waals surface area contributed by atoms with Crippen molar-refractivity contribution in [1.82, 2.24) is 10.6 Å². The number of nitrogens with one attached hydrogen (secondary N) is 3. The summed E-state index contributed by atoms with van der Waals surface area (Å²) < 4.78 is 0. The third kappa shape index (κ3) is 3.13. The van der Waals surface area contributed by atoms with Crippen LogP contribution < -0.4 is 16.0 Å². The summed E-state index contributed by atoms with van der Waals surface area (Å²) in [4.78, 5) is 24.2. The number of carbonyl (C=O) groups excluding carboxylic acids is 2. The van der Waals surface area contributed by atoms with Crippen LogP contribution in [0.2, 0.25) is 0 Å². The monoisotopic (exact) mass is 285 g/mol. The molecule has 2 aliphatic rings. The average molecular weight is 285 g/mol. The van der Waals surface area contributed by atoms with Gasteiger partial charge in [-0.05, 0) is 24.6 Å². The number of fused-ring (bicyclic) bond motifs is 1. The van der Waals surface area contributed by atoms with Crippen LogP contribution in [0.1, 0.15) is 24.3 Å². The van der Waals surface area contributed by atoms with Gasteiger partial charge in [-0.2, -0.15) is 0 Å². The highest BCUT2D eigenvalue weighted by Gasteiger charge is 2.30. The number of para-hydroxylation sites is 1. The first-order chi connectivity index (χ1) is 10.2. The molecule has 0 bridgehead atoms. The second kappa shape index (κ2) is 6.10. The van der Waals surface area contributed by atoms with Crippen molar-refractivity contribution in [2.75, 3.05) is 25.0 Å². The van der Waals surface area contributed by atoms with Crippen molar-refractivity contribution >= 4 is 17.5 Å². The van der Waals surface area contributed by atoms with Crippen molar-refractivity contribution in [2.24, 2.45) is 0 Å². The van der Waals surface area contributed by atoms with Crippen LogP contribution in [-0.2, 0) is 9.59 Å².